The Morgan fingerprint density at radius 2 is 2.07 bits per heavy atom. The van der Waals surface area contributed by atoms with Gasteiger partial charge in [0, 0.05) is 37.3 Å². The number of phenolic OH excluding ortho intramolecular Hbond substituents is 1. The Hall–Kier alpha value is -3.83. The van der Waals surface area contributed by atoms with Crippen LogP contribution in [-0.2, 0) is 10.2 Å². The maximum Gasteiger partial charge on any atom is 0.573 e. The lowest BCUT2D eigenvalue weighted by Gasteiger charge is -2.63. The predicted molar refractivity (Wildman–Crippen MR) is 142 cm³/mol. The molecular formula is C30H29F3N2O6. The maximum atomic E-state index is 13.8. The zero-order valence-corrected chi connectivity index (χ0v) is 22.2. The summed E-state index contributed by atoms with van der Waals surface area (Å²) in [5.41, 5.74) is -1.27. The van der Waals surface area contributed by atoms with Crippen molar-refractivity contribution in [3.63, 3.8) is 0 Å². The van der Waals surface area contributed by atoms with Crippen LogP contribution in [-0.4, -0.2) is 82.0 Å². The van der Waals surface area contributed by atoms with Gasteiger partial charge in [0.05, 0.1) is 11.5 Å². The van der Waals surface area contributed by atoms with Gasteiger partial charge >= 0.3 is 6.36 Å². The van der Waals surface area contributed by atoms with Gasteiger partial charge in [-0.2, -0.15) is 0 Å². The minimum atomic E-state index is -4.83. The number of piperidine rings is 1. The number of likely N-dealkylation sites (tertiary alicyclic amines) is 1. The Labute approximate surface area is 234 Å². The minimum absolute atomic E-state index is 0.136. The molecule has 1 saturated heterocycles. The summed E-state index contributed by atoms with van der Waals surface area (Å²) in [5, 5.41) is 23.1. The molecule has 216 valence electrons. The van der Waals surface area contributed by atoms with Gasteiger partial charge in [-0.1, -0.05) is 18.2 Å². The van der Waals surface area contributed by atoms with Gasteiger partial charge in [0.15, 0.2) is 17.3 Å². The van der Waals surface area contributed by atoms with E-state index in [-0.39, 0.29) is 23.7 Å². The third kappa shape index (κ3) is 3.97. The average molecular weight is 571 g/mol. The van der Waals surface area contributed by atoms with Crippen molar-refractivity contribution in [1.29, 1.82) is 0 Å². The first kappa shape index (κ1) is 27.3. The molecule has 1 spiro atoms. The highest BCUT2D eigenvalue weighted by molar-refractivity contribution is 6.06. The Balaban J connectivity index is 1.33. The molecule has 2 bridgehead atoms. The zero-order valence-electron chi connectivity index (χ0n) is 22.2. The van der Waals surface area contributed by atoms with Gasteiger partial charge in [0.1, 0.15) is 23.5 Å². The van der Waals surface area contributed by atoms with Crippen molar-refractivity contribution in [2.24, 2.45) is 0 Å². The molecule has 2 heterocycles. The molecule has 0 radical (unpaired) electrons. The first-order chi connectivity index (χ1) is 19.4. The van der Waals surface area contributed by atoms with E-state index in [1.54, 1.807) is 25.3 Å². The Kier molecular flexibility index (Phi) is 6.24. The van der Waals surface area contributed by atoms with Crippen LogP contribution in [0.25, 0.3) is 6.08 Å². The number of likely N-dealkylation sites (N-methyl/N-ethyl adjacent to an activating group) is 1. The normalized spacial score (nSPS) is 30.1. The number of ether oxygens (including phenoxy) is 2. The van der Waals surface area contributed by atoms with E-state index in [1.165, 1.54) is 41.3 Å². The fourth-order valence-electron chi connectivity index (χ4n) is 7.49. The molecule has 2 N–H and O–H groups in total. The first-order valence-electron chi connectivity index (χ1n) is 13.4. The van der Waals surface area contributed by atoms with E-state index >= 15 is 0 Å². The lowest BCUT2D eigenvalue weighted by molar-refractivity contribution is -0.274. The number of rotatable bonds is 6. The molecule has 2 aliphatic carbocycles. The molecule has 11 heteroatoms. The number of Topliss-reactive ketones (excluding diaryl/α,β-unsaturated/α-hetero) is 1. The summed E-state index contributed by atoms with van der Waals surface area (Å²) in [6, 6.07) is 6.93. The summed E-state index contributed by atoms with van der Waals surface area (Å²) >= 11 is 0. The molecule has 1 amide bonds. The number of hydrogen-bond acceptors (Lipinski definition) is 7. The number of carbonyl (C=O) groups excluding carboxylic acids is 2. The molecule has 0 aromatic heterocycles. The topological polar surface area (TPSA) is 99.5 Å². The van der Waals surface area contributed by atoms with Gasteiger partial charge in [0.25, 0.3) is 0 Å². The van der Waals surface area contributed by atoms with E-state index in [0.29, 0.717) is 42.6 Å². The van der Waals surface area contributed by atoms with Crippen LogP contribution < -0.4 is 9.47 Å². The molecule has 2 aromatic carbocycles. The molecule has 1 saturated carbocycles. The van der Waals surface area contributed by atoms with Crippen molar-refractivity contribution < 1.29 is 42.4 Å². The van der Waals surface area contributed by atoms with Crippen molar-refractivity contribution >= 4 is 17.8 Å². The average Bonchev–Trinajstić information content (AvgIpc) is 3.26. The van der Waals surface area contributed by atoms with Gasteiger partial charge in [-0.05, 0) is 55.2 Å². The van der Waals surface area contributed by atoms with E-state index < -0.39 is 47.2 Å². The number of aromatic hydroxyl groups is 1. The largest absolute Gasteiger partial charge is 0.573 e. The molecular weight excluding hydrogens is 541 g/mol. The van der Waals surface area contributed by atoms with Crippen LogP contribution in [0.4, 0.5) is 13.2 Å². The number of carbonyl (C=O) groups is 2. The lowest BCUT2D eigenvalue weighted by atomic mass is 9.48. The maximum absolute atomic E-state index is 13.8. The standard InChI is InChI=1S/C30H29F3N2O6/c1-3-14-35-15-13-28-23-19-8-9-21(36)25(23)40-27(28)20(11-12-29(28,39)26(35)24(19)38)34(2)22(37)10-7-17-5-4-6-18(16-17)41-30(31,32)33/h3-10,16,20,26-27,36,39H,1,11-15H2,2H3/b10-7+/t20?,26-,27?,28+,29-/m1/s1. The fourth-order valence-corrected chi connectivity index (χ4v) is 7.49. The quantitative estimate of drug-likeness (QED) is 0.403. The van der Waals surface area contributed by atoms with E-state index in [0.717, 1.165) is 0 Å². The van der Waals surface area contributed by atoms with Crippen molar-refractivity contribution in [2.45, 2.75) is 54.8 Å². The van der Waals surface area contributed by atoms with Gasteiger partial charge < -0.3 is 24.6 Å². The zero-order chi connectivity index (χ0) is 29.3. The Bertz CT molecular complexity index is 1470. The van der Waals surface area contributed by atoms with E-state index in [4.69, 9.17) is 4.74 Å². The highest BCUT2D eigenvalue weighted by Crippen LogP contribution is 2.65. The van der Waals surface area contributed by atoms with E-state index in [2.05, 4.69) is 11.3 Å². The third-order valence-corrected chi connectivity index (χ3v) is 9.10. The molecule has 4 aliphatic rings. The first-order valence-corrected chi connectivity index (χ1v) is 13.4. The number of aliphatic hydroxyl groups is 1. The molecule has 2 fully saturated rings. The van der Waals surface area contributed by atoms with Crippen LogP contribution in [0.3, 0.4) is 0 Å². The smallest absolute Gasteiger partial charge is 0.504 e. The van der Waals surface area contributed by atoms with Crippen molar-refractivity contribution in [1.82, 2.24) is 9.80 Å². The SMILES string of the molecule is C=CCN1CC[C@]23c4c5ccc(O)c4OC2C(N(C)C(=O)/C=C/c2cccc(OC(F)(F)F)c2)CC[C@@]3(O)[C@H]1C5=O. The van der Waals surface area contributed by atoms with Crippen LogP contribution in [0.15, 0.2) is 55.1 Å². The summed E-state index contributed by atoms with van der Waals surface area (Å²) in [5.74, 6) is -1.02. The minimum Gasteiger partial charge on any atom is -0.504 e. The number of phenols is 1. The van der Waals surface area contributed by atoms with Crippen LogP contribution in [0.5, 0.6) is 17.2 Å². The van der Waals surface area contributed by atoms with Crippen molar-refractivity contribution in [3.05, 3.63) is 71.8 Å². The number of halogens is 3. The molecule has 2 unspecified atom stereocenters. The second-order valence-electron chi connectivity index (χ2n) is 11.1. The van der Waals surface area contributed by atoms with Crippen LogP contribution in [0.1, 0.15) is 40.7 Å². The van der Waals surface area contributed by atoms with E-state index in [1.807, 2.05) is 4.90 Å². The summed E-state index contributed by atoms with van der Waals surface area (Å²) in [7, 11) is 1.60. The number of alkyl halides is 3. The van der Waals surface area contributed by atoms with E-state index in [9.17, 15) is 33.0 Å². The monoisotopic (exact) mass is 570 g/mol. The molecule has 2 aromatic rings. The van der Waals surface area contributed by atoms with Gasteiger partial charge in [0.2, 0.25) is 5.91 Å². The summed E-state index contributed by atoms with van der Waals surface area (Å²) < 4.78 is 48.2. The van der Waals surface area contributed by atoms with Crippen LogP contribution in [0.2, 0.25) is 0 Å². The number of nitrogens with zero attached hydrogens (tertiary/aromatic N) is 2. The number of benzene rings is 2. The lowest BCUT2D eigenvalue weighted by Crippen LogP contribution is -2.79. The second kappa shape index (κ2) is 9.35. The molecule has 41 heavy (non-hydrogen) atoms. The Morgan fingerprint density at radius 1 is 1.29 bits per heavy atom. The van der Waals surface area contributed by atoms with Crippen LogP contribution >= 0.6 is 0 Å². The number of hydrogen-bond donors (Lipinski definition) is 2. The predicted octanol–water partition coefficient (Wildman–Crippen LogP) is 3.81. The molecule has 2 aliphatic heterocycles. The fraction of sp³-hybridized carbons (Fsp3) is 0.400. The highest BCUT2D eigenvalue weighted by Gasteiger charge is 2.75. The summed E-state index contributed by atoms with van der Waals surface area (Å²) in [4.78, 5) is 30.6. The number of ketones is 1. The Morgan fingerprint density at radius 3 is 2.80 bits per heavy atom. The molecule has 6 rings (SSSR count). The molecule has 8 nitrogen and oxygen atoms in total. The highest BCUT2D eigenvalue weighted by atomic mass is 19.4. The third-order valence-electron chi connectivity index (χ3n) is 9.10. The summed E-state index contributed by atoms with van der Waals surface area (Å²) in [6.07, 6.45) is -0.237. The number of amides is 1. The summed E-state index contributed by atoms with van der Waals surface area (Å²) in [6.45, 7) is 4.71. The van der Waals surface area contributed by atoms with Crippen LogP contribution in [0, 0.1) is 0 Å². The van der Waals surface area contributed by atoms with Gasteiger partial charge in [-0.25, -0.2) is 0 Å². The van der Waals surface area contributed by atoms with Crippen molar-refractivity contribution in [2.75, 3.05) is 20.1 Å². The van der Waals surface area contributed by atoms with Gasteiger partial charge in [-0.15, -0.1) is 19.8 Å². The second-order valence-corrected chi connectivity index (χ2v) is 11.1. The van der Waals surface area contributed by atoms with Gasteiger partial charge in [-0.3, -0.25) is 14.5 Å². The van der Waals surface area contributed by atoms with Crippen molar-refractivity contribution in [3.8, 4) is 17.2 Å². The molecule has 5 atom stereocenters.